The zero-order valence-electron chi connectivity index (χ0n) is 15.0. The highest BCUT2D eigenvalue weighted by Gasteiger charge is 2.57. The molecule has 24 heavy (non-hydrogen) atoms. The van der Waals surface area contributed by atoms with Crippen molar-refractivity contribution in [3.63, 3.8) is 0 Å². The van der Waals surface area contributed by atoms with Crippen molar-refractivity contribution in [2.24, 2.45) is 17.3 Å². The van der Waals surface area contributed by atoms with Gasteiger partial charge in [0.05, 0.1) is 0 Å². The maximum absolute atomic E-state index is 12.2. The van der Waals surface area contributed by atoms with Gasteiger partial charge >= 0.3 is 0 Å². The van der Waals surface area contributed by atoms with Crippen molar-refractivity contribution in [3.8, 4) is 0 Å². The van der Waals surface area contributed by atoms with E-state index in [4.69, 9.17) is 0 Å². The minimum Gasteiger partial charge on any atom is -0.356 e. The molecule has 0 aromatic rings. The predicted molar refractivity (Wildman–Crippen MR) is 104 cm³/mol. The number of hydrogen-bond acceptors (Lipinski definition) is 3. The van der Waals surface area contributed by atoms with Crippen LogP contribution < -0.4 is 10.6 Å². The predicted octanol–water partition coefficient (Wildman–Crippen LogP) is 2.85. The van der Waals surface area contributed by atoms with E-state index in [0.717, 1.165) is 38.4 Å². The van der Waals surface area contributed by atoms with E-state index in [1.54, 1.807) is 0 Å². The summed E-state index contributed by atoms with van der Waals surface area (Å²) >= 11 is 0. The molecule has 2 N–H and O–H groups in total. The van der Waals surface area contributed by atoms with Gasteiger partial charge in [-0.2, -0.15) is 0 Å². The van der Waals surface area contributed by atoms with E-state index in [1.807, 2.05) is 0 Å². The molecule has 2 unspecified atom stereocenters. The second-order valence-corrected chi connectivity index (χ2v) is 7.92. The molecule has 2 heterocycles. The first-order chi connectivity index (χ1) is 10.7. The van der Waals surface area contributed by atoms with Crippen LogP contribution in [0.5, 0.6) is 0 Å². The van der Waals surface area contributed by atoms with Crippen molar-refractivity contribution in [1.82, 2.24) is 15.5 Å². The number of halogens is 2. The molecule has 2 atom stereocenters. The lowest BCUT2D eigenvalue weighted by Crippen LogP contribution is -2.36. The SMILES string of the molecule is CC1CCCN(CCCCNC(=O)C2CC23CCNCC3)C1.Cl.Cl. The Hall–Kier alpha value is -0.0300. The van der Waals surface area contributed by atoms with Crippen molar-refractivity contribution < 1.29 is 4.79 Å². The van der Waals surface area contributed by atoms with Gasteiger partial charge < -0.3 is 15.5 Å². The molecule has 1 spiro atoms. The number of nitrogens with zero attached hydrogens (tertiary/aromatic N) is 1. The van der Waals surface area contributed by atoms with Crippen LogP contribution in [0.1, 0.15) is 51.9 Å². The number of piperidine rings is 2. The molecule has 2 aliphatic heterocycles. The van der Waals surface area contributed by atoms with Crippen LogP contribution in [0, 0.1) is 17.3 Å². The fraction of sp³-hybridized carbons (Fsp3) is 0.944. The van der Waals surface area contributed by atoms with Crippen molar-refractivity contribution in [2.75, 3.05) is 39.3 Å². The summed E-state index contributed by atoms with van der Waals surface area (Å²) in [6.45, 7) is 9.17. The molecular formula is C18H35Cl2N3O. The number of carbonyl (C=O) groups excluding carboxylic acids is 1. The van der Waals surface area contributed by atoms with Gasteiger partial charge in [0.2, 0.25) is 5.91 Å². The zero-order chi connectivity index (χ0) is 15.4. The molecule has 3 fully saturated rings. The number of rotatable bonds is 6. The van der Waals surface area contributed by atoms with E-state index in [-0.39, 0.29) is 24.8 Å². The Morgan fingerprint density at radius 2 is 2.00 bits per heavy atom. The number of unbranched alkanes of at least 4 members (excludes halogenated alkanes) is 1. The van der Waals surface area contributed by atoms with Gasteiger partial charge in [0.15, 0.2) is 0 Å². The Labute approximate surface area is 159 Å². The number of hydrogen-bond donors (Lipinski definition) is 2. The maximum atomic E-state index is 12.2. The minimum atomic E-state index is 0. The van der Waals surface area contributed by atoms with Crippen LogP contribution in [0.4, 0.5) is 0 Å². The normalized spacial score (nSPS) is 28.5. The largest absolute Gasteiger partial charge is 0.356 e. The third-order valence-corrected chi connectivity index (χ3v) is 6.05. The Balaban J connectivity index is 0.00000144. The summed E-state index contributed by atoms with van der Waals surface area (Å²) in [5, 5.41) is 6.58. The molecular weight excluding hydrogens is 345 g/mol. The number of amides is 1. The lowest BCUT2D eigenvalue weighted by molar-refractivity contribution is -0.123. The Morgan fingerprint density at radius 1 is 1.25 bits per heavy atom. The third kappa shape index (κ3) is 5.76. The summed E-state index contributed by atoms with van der Waals surface area (Å²) in [5.41, 5.74) is 0.374. The first-order valence-corrected chi connectivity index (χ1v) is 9.40. The van der Waals surface area contributed by atoms with E-state index < -0.39 is 0 Å². The van der Waals surface area contributed by atoms with Gasteiger partial charge in [0, 0.05) is 19.0 Å². The molecule has 1 saturated carbocycles. The van der Waals surface area contributed by atoms with Gasteiger partial charge in [-0.15, -0.1) is 24.8 Å². The molecule has 142 valence electrons. The average molecular weight is 380 g/mol. The summed E-state index contributed by atoms with van der Waals surface area (Å²) in [7, 11) is 0. The van der Waals surface area contributed by atoms with E-state index in [2.05, 4.69) is 22.5 Å². The highest BCUT2D eigenvalue weighted by molar-refractivity contribution is 5.85. The zero-order valence-corrected chi connectivity index (χ0v) is 16.7. The van der Waals surface area contributed by atoms with Crippen molar-refractivity contribution in [1.29, 1.82) is 0 Å². The number of nitrogens with one attached hydrogen (secondary N) is 2. The van der Waals surface area contributed by atoms with Crippen molar-refractivity contribution in [2.45, 2.75) is 51.9 Å². The van der Waals surface area contributed by atoms with Gasteiger partial charge in [-0.3, -0.25) is 4.79 Å². The third-order valence-electron chi connectivity index (χ3n) is 6.05. The van der Waals surface area contributed by atoms with E-state index in [0.29, 0.717) is 17.2 Å². The van der Waals surface area contributed by atoms with Gasteiger partial charge in [0.25, 0.3) is 0 Å². The second-order valence-electron chi connectivity index (χ2n) is 7.92. The summed E-state index contributed by atoms with van der Waals surface area (Å²) < 4.78 is 0. The molecule has 3 aliphatic rings. The maximum Gasteiger partial charge on any atom is 0.223 e. The highest BCUT2D eigenvalue weighted by atomic mass is 35.5. The Kier molecular flexibility index (Phi) is 9.35. The van der Waals surface area contributed by atoms with Crippen LogP contribution in [-0.2, 0) is 4.79 Å². The van der Waals surface area contributed by atoms with Crippen LogP contribution >= 0.6 is 24.8 Å². The molecule has 1 amide bonds. The molecule has 0 aromatic heterocycles. The van der Waals surface area contributed by atoms with Crippen LogP contribution in [0.15, 0.2) is 0 Å². The molecule has 4 nitrogen and oxygen atoms in total. The van der Waals surface area contributed by atoms with E-state index in [9.17, 15) is 4.79 Å². The summed E-state index contributed by atoms with van der Waals surface area (Å²) in [4.78, 5) is 14.8. The summed E-state index contributed by atoms with van der Waals surface area (Å²) in [6, 6.07) is 0. The van der Waals surface area contributed by atoms with E-state index >= 15 is 0 Å². The van der Waals surface area contributed by atoms with Crippen LogP contribution in [-0.4, -0.2) is 50.1 Å². The quantitative estimate of drug-likeness (QED) is 0.697. The lowest BCUT2D eigenvalue weighted by atomic mass is 9.92. The molecule has 2 saturated heterocycles. The Morgan fingerprint density at radius 3 is 2.71 bits per heavy atom. The van der Waals surface area contributed by atoms with Gasteiger partial charge in [-0.05, 0) is 82.5 Å². The van der Waals surface area contributed by atoms with Crippen molar-refractivity contribution in [3.05, 3.63) is 0 Å². The van der Waals surface area contributed by atoms with Gasteiger partial charge in [0.1, 0.15) is 0 Å². The number of carbonyl (C=O) groups is 1. The first-order valence-electron chi connectivity index (χ1n) is 9.40. The standard InChI is InChI=1S/C18H33N3O.2ClH/c1-15-5-4-12-21(14-15)11-3-2-8-20-17(22)16-13-18(16)6-9-19-10-7-18;;/h15-16,19H,2-14H2,1H3,(H,20,22);2*1H. The fourth-order valence-corrected chi connectivity index (χ4v) is 4.48. The van der Waals surface area contributed by atoms with Gasteiger partial charge in [-0.1, -0.05) is 6.92 Å². The van der Waals surface area contributed by atoms with E-state index in [1.165, 1.54) is 51.7 Å². The van der Waals surface area contributed by atoms with Crippen LogP contribution in [0.3, 0.4) is 0 Å². The van der Waals surface area contributed by atoms with Gasteiger partial charge in [-0.25, -0.2) is 0 Å². The summed E-state index contributed by atoms with van der Waals surface area (Å²) in [6.07, 6.45) is 8.61. The smallest absolute Gasteiger partial charge is 0.223 e. The fourth-order valence-electron chi connectivity index (χ4n) is 4.48. The highest BCUT2D eigenvalue weighted by Crippen LogP contribution is 2.58. The lowest BCUT2D eigenvalue weighted by Gasteiger charge is -2.30. The van der Waals surface area contributed by atoms with Crippen molar-refractivity contribution >= 4 is 30.7 Å². The minimum absolute atomic E-state index is 0. The monoisotopic (exact) mass is 379 g/mol. The Bertz CT molecular complexity index is 388. The number of likely N-dealkylation sites (tertiary alicyclic amines) is 1. The average Bonchev–Trinajstić information content (AvgIpc) is 3.21. The first kappa shape index (κ1) is 22.0. The molecule has 6 heteroatoms. The molecule has 0 bridgehead atoms. The summed E-state index contributed by atoms with van der Waals surface area (Å²) in [5.74, 6) is 1.51. The van der Waals surface area contributed by atoms with Crippen LogP contribution in [0.25, 0.3) is 0 Å². The topological polar surface area (TPSA) is 44.4 Å². The van der Waals surface area contributed by atoms with Crippen LogP contribution in [0.2, 0.25) is 0 Å². The second kappa shape index (κ2) is 10.2. The molecule has 0 aromatic carbocycles. The molecule has 0 radical (unpaired) electrons. The molecule has 3 rings (SSSR count). The molecule has 1 aliphatic carbocycles.